The lowest BCUT2D eigenvalue weighted by Gasteiger charge is -2.13. The van der Waals surface area contributed by atoms with Crippen LogP contribution >= 0.6 is 0 Å². The summed E-state index contributed by atoms with van der Waals surface area (Å²) in [4.78, 5) is 15.1. The number of rotatable bonds is 4. The molecule has 3 N–H and O–H groups in total. The van der Waals surface area contributed by atoms with E-state index in [9.17, 15) is 4.79 Å². The molecule has 0 bridgehead atoms. The molecule has 18 heavy (non-hydrogen) atoms. The highest BCUT2D eigenvalue weighted by Gasteiger charge is 2.18. The summed E-state index contributed by atoms with van der Waals surface area (Å²) in [6, 6.07) is 6.24. The molecule has 4 nitrogen and oxygen atoms in total. The average Bonchev–Trinajstić information content (AvgIpc) is 2.85. The second-order valence-electron chi connectivity index (χ2n) is 3.99. The Kier molecular flexibility index (Phi) is 2.02. The van der Waals surface area contributed by atoms with Gasteiger partial charge in [-0.1, -0.05) is 18.2 Å². The Hall–Kier alpha value is -1.81. The first kappa shape index (κ1) is 6.95. The zero-order valence-electron chi connectivity index (χ0n) is 15.6. The number of carbonyl (C=O) groups excluding carboxylic acids is 1. The van der Waals surface area contributed by atoms with Gasteiger partial charge in [0.25, 0.3) is 0 Å². The highest BCUT2D eigenvalue weighted by molar-refractivity contribution is 5.84. The van der Waals surface area contributed by atoms with Crippen LogP contribution in [0.1, 0.15) is 27.5 Å². The molecule has 2 aromatic rings. The smallest absolute Gasteiger partial charge is 0.323 e. The lowest BCUT2D eigenvalue weighted by atomic mass is 10.1. The van der Waals surface area contributed by atoms with Crippen molar-refractivity contribution in [3.05, 3.63) is 36.0 Å². The number of fused-ring (bicyclic) bond motifs is 1. The van der Waals surface area contributed by atoms with Gasteiger partial charge in [0.1, 0.15) is 6.04 Å². The molecule has 0 unspecified atom stereocenters. The highest BCUT2D eigenvalue weighted by atomic mass is 16.5. The van der Waals surface area contributed by atoms with E-state index in [4.69, 9.17) is 18.7 Å². The van der Waals surface area contributed by atoms with Crippen LogP contribution in [0.4, 0.5) is 0 Å². The fourth-order valence-corrected chi connectivity index (χ4v) is 1.82. The standard InChI is InChI=1S/C14H18N2O2/c1-9(2)18-14(17)12(15)7-10-8-16-13-6-4-3-5-11(10)13/h3-6,8-9,12,16H,7,15H2,1-2H3/t12-/m0/s1/i1D3,2D3. The summed E-state index contributed by atoms with van der Waals surface area (Å²) < 4.78 is 48.1. The van der Waals surface area contributed by atoms with Gasteiger partial charge in [-0.15, -0.1) is 0 Å². The second-order valence-corrected chi connectivity index (χ2v) is 3.99. The molecule has 0 spiro atoms. The van der Waals surface area contributed by atoms with Crippen LogP contribution in [-0.4, -0.2) is 23.1 Å². The lowest BCUT2D eigenvalue weighted by molar-refractivity contribution is -0.148. The first-order valence-electron chi connectivity index (χ1n) is 8.51. The number of benzene rings is 1. The molecular weight excluding hydrogens is 228 g/mol. The van der Waals surface area contributed by atoms with E-state index in [1.807, 2.05) is 24.3 Å². The number of aromatic nitrogens is 1. The summed E-state index contributed by atoms with van der Waals surface area (Å²) in [5.41, 5.74) is 7.41. The summed E-state index contributed by atoms with van der Waals surface area (Å²) in [6.45, 7) is -5.91. The molecule has 0 radical (unpaired) electrons. The van der Waals surface area contributed by atoms with Gasteiger partial charge in [0.15, 0.2) is 0 Å². The van der Waals surface area contributed by atoms with E-state index >= 15 is 0 Å². The number of para-hydroxylation sites is 1. The molecule has 96 valence electrons. The molecule has 0 saturated carbocycles. The van der Waals surface area contributed by atoms with Gasteiger partial charge in [0.2, 0.25) is 0 Å². The Morgan fingerprint density at radius 2 is 2.28 bits per heavy atom. The van der Waals surface area contributed by atoms with Gasteiger partial charge in [-0.3, -0.25) is 4.79 Å². The number of nitrogens with two attached hydrogens (primary N) is 1. The first-order valence-corrected chi connectivity index (χ1v) is 5.51. The minimum atomic E-state index is -2.96. The Balaban J connectivity index is 2.12. The summed E-state index contributed by atoms with van der Waals surface area (Å²) in [7, 11) is 0. The minimum absolute atomic E-state index is 0.0948. The van der Waals surface area contributed by atoms with Crippen molar-refractivity contribution < 1.29 is 17.8 Å². The Labute approximate surface area is 115 Å². The molecule has 4 heteroatoms. The van der Waals surface area contributed by atoms with E-state index in [0.717, 1.165) is 16.5 Å². The first-order chi connectivity index (χ1) is 11.0. The molecule has 0 aliphatic carbocycles. The third-order valence-corrected chi connectivity index (χ3v) is 2.65. The molecule has 0 fully saturated rings. The molecular formula is C14H18N2O2. The molecule has 0 amide bonds. The molecule has 2 rings (SSSR count). The van der Waals surface area contributed by atoms with E-state index < -0.39 is 31.8 Å². The van der Waals surface area contributed by atoms with Crippen molar-refractivity contribution in [2.75, 3.05) is 0 Å². The molecule has 1 heterocycles. The number of esters is 1. The predicted octanol–water partition coefficient (Wildman–Crippen LogP) is 1.99. The number of H-pyrrole nitrogens is 1. The molecule has 1 aromatic carbocycles. The van der Waals surface area contributed by atoms with Crippen molar-refractivity contribution in [2.24, 2.45) is 5.73 Å². The fourth-order valence-electron chi connectivity index (χ4n) is 1.82. The maximum absolute atomic E-state index is 12.1. The molecule has 1 atom stereocenters. The third kappa shape index (κ3) is 2.71. The summed E-state index contributed by atoms with van der Waals surface area (Å²) >= 11 is 0. The Morgan fingerprint density at radius 1 is 1.50 bits per heavy atom. The van der Waals surface area contributed by atoms with Gasteiger partial charge in [-0.25, -0.2) is 0 Å². The topological polar surface area (TPSA) is 68.1 Å². The number of nitrogens with one attached hydrogen (secondary N) is 1. The number of hydrogen-bond donors (Lipinski definition) is 2. The minimum Gasteiger partial charge on any atom is -0.462 e. The van der Waals surface area contributed by atoms with Crippen LogP contribution < -0.4 is 5.73 Å². The van der Waals surface area contributed by atoms with E-state index in [0.29, 0.717) is 0 Å². The summed E-state index contributed by atoms with van der Waals surface area (Å²) in [6.07, 6.45) is -0.410. The number of carbonyl (C=O) groups is 1. The largest absolute Gasteiger partial charge is 0.462 e. The lowest BCUT2D eigenvalue weighted by Crippen LogP contribution is -2.35. The monoisotopic (exact) mass is 252 g/mol. The average molecular weight is 252 g/mol. The van der Waals surface area contributed by atoms with Gasteiger partial charge in [0.05, 0.1) is 6.10 Å². The normalized spacial score (nSPS) is 19.2. The zero-order chi connectivity index (χ0) is 18.1. The van der Waals surface area contributed by atoms with E-state index in [1.165, 1.54) is 0 Å². The fraction of sp³-hybridized carbons (Fsp3) is 0.357. The second kappa shape index (κ2) is 5.23. The maximum atomic E-state index is 12.1. The van der Waals surface area contributed by atoms with Crippen molar-refractivity contribution in [3.63, 3.8) is 0 Å². The SMILES string of the molecule is [2H]C([2H])([2H])C(OC(=O)[C@@H](N)Cc1c[nH]c2ccccc12)C([2H])([2H])[2H]. The van der Waals surface area contributed by atoms with Crippen LogP contribution in [-0.2, 0) is 16.0 Å². The van der Waals surface area contributed by atoms with E-state index in [2.05, 4.69) is 4.98 Å². The van der Waals surface area contributed by atoms with Crippen LogP contribution in [0.2, 0.25) is 0 Å². The highest BCUT2D eigenvalue weighted by Crippen LogP contribution is 2.18. The molecule has 0 saturated heterocycles. The van der Waals surface area contributed by atoms with Gasteiger partial charge >= 0.3 is 5.97 Å². The maximum Gasteiger partial charge on any atom is 0.323 e. The van der Waals surface area contributed by atoms with Gasteiger partial charge in [-0.2, -0.15) is 0 Å². The Morgan fingerprint density at radius 3 is 3.06 bits per heavy atom. The van der Waals surface area contributed by atoms with E-state index in [1.54, 1.807) is 6.20 Å². The molecule has 0 aliphatic rings. The summed E-state index contributed by atoms with van der Waals surface area (Å²) in [5, 5.41) is 0.879. The summed E-state index contributed by atoms with van der Waals surface area (Å²) in [5.74, 6) is -1.06. The van der Waals surface area contributed by atoms with Crippen molar-refractivity contribution >= 4 is 16.9 Å². The van der Waals surface area contributed by atoms with Gasteiger partial charge < -0.3 is 15.5 Å². The van der Waals surface area contributed by atoms with Gasteiger partial charge in [0, 0.05) is 31.7 Å². The molecule has 0 aliphatic heterocycles. The number of hydrogen-bond acceptors (Lipinski definition) is 3. The van der Waals surface area contributed by atoms with Crippen molar-refractivity contribution in [1.82, 2.24) is 4.98 Å². The zero-order valence-corrected chi connectivity index (χ0v) is 9.64. The van der Waals surface area contributed by atoms with Crippen molar-refractivity contribution in [3.8, 4) is 0 Å². The van der Waals surface area contributed by atoms with Crippen LogP contribution in [0.15, 0.2) is 30.5 Å². The van der Waals surface area contributed by atoms with Crippen molar-refractivity contribution in [1.29, 1.82) is 0 Å². The number of ether oxygens (including phenoxy) is 1. The third-order valence-electron chi connectivity index (χ3n) is 2.65. The van der Waals surface area contributed by atoms with Crippen LogP contribution in [0.3, 0.4) is 0 Å². The molecule has 1 aromatic heterocycles. The van der Waals surface area contributed by atoms with Crippen LogP contribution in [0, 0.1) is 0 Å². The predicted molar refractivity (Wildman–Crippen MR) is 71.2 cm³/mol. The van der Waals surface area contributed by atoms with E-state index in [-0.39, 0.29) is 6.42 Å². The van der Waals surface area contributed by atoms with Crippen LogP contribution in [0.5, 0.6) is 0 Å². The quantitative estimate of drug-likeness (QED) is 0.818. The Bertz CT molecular complexity index is 708. The van der Waals surface area contributed by atoms with Gasteiger partial charge in [-0.05, 0) is 25.3 Å². The number of aromatic amines is 1. The van der Waals surface area contributed by atoms with Crippen LogP contribution in [0.25, 0.3) is 10.9 Å². The van der Waals surface area contributed by atoms with Crippen molar-refractivity contribution in [2.45, 2.75) is 32.3 Å².